The molecule has 0 aromatic carbocycles. The fourth-order valence-electron chi connectivity index (χ4n) is 1.53. The Morgan fingerprint density at radius 2 is 2.14 bits per heavy atom. The largest absolute Gasteiger partial charge is 0.382 e. The van der Waals surface area contributed by atoms with Crippen LogP contribution in [0.15, 0.2) is 6.33 Å². The molecule has 0 radical (unpaired) electrons. The minimum atomic E-state index is 0.325. The van der Waals surface area contributed by atoms with Crippen molar-refractivity contribution in [2.24, 2.45) is 0 Å². The average molecular weight is 191 g/mol. The Kier molecular flexibility index (Phi) is 1.87. The van der Waals surface area contributed by atoms with Gasteiger partial charge in [0.25, 0.3) is 0 Å². The van der Waals surface area contributed by atoms with Gasteiger partial charge in [-0.15, -0.1) is 0 Å². The highest BCUT2D eigenvalue weighted by atomic mass is 15.3. The van der Waals surface area contributed by atoms with Gasteiger partial charge < -0.3 is 5.73 Å². The molecule has 2 aromatic heterocycles. The van der Waals surface area contributed by atoms with Crippen LogP contribution in [0.4, 0.5) is 5.82 Å². The predicted molar refractivity (Wildman–Crippen MR) is 54.0 cm³/mol. The van der Waals surface area contributed by atoms with Gasteiger partial charge in [0.2, 0.25) is 0 Å². The van der Waals surface area contributed by atoms with Gasteiger partial charge in [-0.2, -0.15) is 5.10 Å². The number of anilines is 1. The maximum absolute atomic E-state index is 5.76. The van der Waals surface area contributed by atoms with E-state index in [9.17, 15) is 0 Å². The van der Waals surface area contributed by atoms with Gasteiger partial charge in [-0.05, 0) is 6.92 Å². The molecule has 0 aliphatic carbocycles. The smallest absolute Gasteiger partial charge is 0.153 e. The number of hydrogen-bond acceptors (Lipinski definition) is 4. The molecule has 0 saturated carbocycles. The van der Waals surface area contributed by atoms with Crippen molar-refractivity contribution < 1.29 is 0 Å². The Balaban J connectivity index is 2.84. The second kappa shape index (κ2) is 2.94. The lowest BCUT2D eigenvalue weighted by molar-refractivity contribution is 0.720. The summed E-state index contributed by atoms with van der Waals surface area (Å²) in [5, 5.41) is 4.15. The molecule has 2 aromatic rings. The van der Waals surface area contributed by atoms with Crippen LogP contribution in [-0.2, 0) is 0 Å². The van der Waals surface area contributed by atoms with Gasteiger partial charge in [0.1, 0.15) is 17.7 Å². The summed E-state index contributed by atoms with van der Waals surface area (Å²) < 4.78 is 1.77. The van der Waals surface area contributed by atoms with Crippen molar-refractivity contribution in [2.45, 2.75) is 26.7 Å². The Hall–Kier alpha value is -1.65. The monoisotopic (exact) mass is 191 g/mol. The molecular formula is C9H13N5. The third-order valence-electron chi connectivity index (χ3n) is 2.18. The Morgan fingerprint density at radius 3 is 2.79 bits per heavy atom. The van der Waals surface area contributed by atoms with Crippen LogP contribution < -0.4 is 5.73 Å². The lowest BCUT2D eigenvalue weighted by Gasteiger charge is -2.02. The fourth-order valence-corrected chi connectivity index (χ4v) is 1.53. The van der Waals surface area contributed by atoms with Crippen molar-refractivity contribution >= 4 is 11.3 Å². The lowest BCUT2D eigenvalue weighted by Crippen LogP contribution is -2.03. The highest BCUT2D eigenvalue weighted by molar-refractivity contribution is 5.67. The molecule has 0 aliphatic rings. The number of fused-ring (bicyclic) bond motifs is 1. The van der Waals surface area contributed by atoms with Crippen molar-refractivity contribution in [3.8, 4) is 0 Å². The fraction of sp³-hybridized carbons (Fsp3) is 0.444. The van der Waals surface area contributed by atoms with Gasteiger partial charge in [-0.25, -0.2) is 14.5 Å². The van der Waals surface area contributed by atoms with E-state index in [0.29, 0.717) is 11.7 Å². The van der Waals surface area contributed by atoms with E-state index in [1.807, 2.05) is 6.92 Å². The highest BCUT2D eigenvalue weighted by Crippen LogP contribution is 2.20. The minimum Gasteiger partial charge on any atom is -0.382 e. The normalized spacial score (nSPS) is 11.4. The van der Waals surface area contributed by atoms with Gasteiger partial charge in [0.15, 0.2) is 5.82 Å². The molecule has 2 rings (SSSR count). The van der Waals surface area contributed by atoms with Crippen molar-refractivity contribution in [2.75, 3.05) is 5.73 Å². The van der Waals surface area contributed by atoms with Crippen LogP contribution in [0.2, 0.25) is 0 Å². The predicted octanol–water partition coefficient (Wildman–Crippen LogP) is 1.14. The minimum absolute atomic E-state index is 0.325. The number of nitrogen functional groups attached to an aromatic ring is 1. The van der Waals surface area contributed by atoms with Crippen LogP contribution in [0.3, 0.4) is 0 Å². The van der Waals surface area contributed by atoms with Crippen molar-refractivity contribution in [3.05, 3.63) is 17.8 Å². The van der Waals surface area contributed by atoms with Crippen LogP contribution in [0.1, 0.15) is 31.3 Å². The van der Waals surface area contributed by atoms with Gasteiger partial charge in [-0.3, -0.25) is 0 Å². The molecule has 5 heteroatoms. The summed E-state index contributed by atoms with van der Waals surface area (Å²) in [5.74, 6) is 1.73. The number of aromatic nitrogens is 4. The quantitative estimate of drug-likeness (QED) is 0.733. The number of nitrogens with zero attached hydrogens (tertiary/aromatic N) is 4. The van der Waals surface area contributed by atoms with Gasteiger partial charge in [0.05, 0.1) is 5.69 Å². The zero-order valence-electron chi connectivity index (χ0n) is 8.52. The number of nitrogens with two attached hydrogens (primary N) is 1. The van der Waals surface area contributed by atoms with E-state index in [2.05, 4.69) is 28.9 Å². The second-order valence-corrected chi connectivity index (χ2v) is 3.62. The first-order valence-corrected chi connectivity index (χ1v) is 4.57. The summed E-state index contributed by atoms with van der Waals surface area (Å²) >= 11 is 0. The van der Waals surface area contributed by atoms with Gasteiger partial charge in [-0.1, -0.05) is 13.8 Å². The third-order valence-corrected chi connectivity index (χ3v) is 2.18. The van der Waals surface area contributed by atoms with E-state index < -0.39 is 0 Å². The maximum Gasteiger partial charge on any atom is 0.153 e. The summed E-state index contributed by atoms with van der Waals surface area (Å²) in [6.07, 6.45) is 1.45. The summed E-state index contributed by atoms with van der Waals surface area (Å²) in [6.45, 7) is 6.07. The molecule has 0 unspecified atom stereocenters. The highest BCUT2D eigenvalue weighted by Gasteiger charge is 2.14. The number of rotatable bonds is 1. The number of aryl methyl sites for hydroxylation is 1. The molecule has 0 amide bonds. The molecule has 0 saturated heterocycles. The molecule has 14 heavy (non-hydrogen) atoms. The summed E-state index contributed by atoms with van der Waals surface area (Å²) in [6, 6.07) is 0. The van der Waals surface area contributed by atoms with Crippen LogP contribution >= 0.6 is 0 Å². The first-order chi connectivity index (χ1) is 6.61. The van der Waals surface area contributed by atoms with E-state index in [1.54, 1.807) is 4.52 Å². The molecule has 5 nitrogen and oxygen atoms in total. The molecular weight excluding hydrogens is 178 g/mol. The first-order valence-electron chi connectivity index (χ1n) is 4.57. The van der Waals surface area contributed by atoms with Crippen molar-refractivity contribution in [1.29, 1.82) is 0 Å². The number of imidazole rings is 1. The van der Waals surface area contributed by atoms with E-state index in [4.69, 9.17) is 5.73 Å². The number of hydrogen-bond donors (Lipinski definition) is 1. The molecule has 2 heterocycles. The molecule has 74 valence electrons. The van der Waals surface area contributed by atoms with Crippen molar-refractivity contribution in [3.63, 3.8) is 0 Å². The van der Waals surface area contributed by atoms with Crippen LogP contribution in [0.5, 0.6) is 0 Å². The molecule has 0 fully saturated rings. The van der Waals surface area contributed by atoms with Crippen LogP contribution in [0, 0.1) is 6.92 Å². The van der Waals surface area contributed by atoms with Gasteiger partial charge in [0, 0.05) is 5.92 Å². The molecule has 0 atom stereocenters. The summed E-state index contributed by atoms with van der Waals surface area (Å²) in [7, 11) is 0. The average Bonchev–Trinajstić information content (AvgIpc) is 2.45. The molecule has 0 aliphatic heterocycles. The molecule has 0 bridgehead atoms. The molecule has 0 spiro atoms. The van der Waals surface area contributed by atoms with E-state index in [0.717, 1.165) is 17.0 Å². The SMILES string of the molecule is Cc1nc(C(C)C)n2ncnc(N)c12. The first kappa shape index (κ1) is 8.93. The second-order valence-electron chi connectivity index (χ2n) is 3.62. The third kappa shape index (κ3) is 1.13. The van der Waals surface area contributed by atoms with E-state index in [-0.39, 0.29) is 0 Å². The Labute approximate surface area is 82.0 Å². The zero-order chi connectivity index (χ0) is 10.3. The Morgan fingerprint density at radius 1 is 1.43 bits per heavy atom. The van der Waals surface area contributed by atoms with Crippen molar-refractivity contribution in [1.82, 2.24) is 19.6 Å². The van der Waals surface area contributed by atoms with Crippen LogP contribution in [0.25, 0.3) is 5.52 Å². The topological polar surface area (TPSA) is 69.1 Å². The maximum atomic E-state index is 5.76. The summed E-state index contributed by atoms with van der Waals surface area (Å²) in [4.78, 5) is 8.38. The van der Waals surface area contributed by atoms with E-state index >= 15 is 0 Å². The Bertz CT molecular complexity index is 471. The summed E-state index contributed by atoms with van der Waals surface area (Å²) in [5.41, 5.74) is 7.46. The molecule has 2 N–H and O–H groups in total. The standard InChI is InChI=1S/C9H13N5/c1-5(2)9-13-6(3)7-8(10)11-4-12-14(7)9/h4-5H,1-3H3,(H2,10,11,12). The zero-order valence-corrected chi connectivity index (χ0v) is 8.52. The van der Waals surface area contributed by atoms with Gasteiger partial charge >= 0.3 is 0 Å². The lowest BCUT2D eigenvalue weighted by atomic mass is 10.2. The van der Waals surface area contributed by atoms with E-state index in [1.165, 1.54) is 6.33 Å². The van der Waals surface area contributed by atoms with Crippen LogP contribution in [-0.4, -0.2) is 19.6 Å².